The smallest absolute Gasteiger partial charge is 0.272 e. The number of amides is 6. The third-order valence-electron chi connectivity index (χ3n) is 15.0. The number of alkyl halides is 1. The van der Waals surface area contributed by atoms with Crippen molar-refractivity contribution in [2.24, 2.45) is 28.9 Å². The maximum absolute atomic E-state index is 14.5. The summed E-state index contributed by atoms with van der Waals surface area (Å²) in [6.45, 7) is 2.81. The minimum atomic E-state index is -1.61. The highest BCUT2D eigenvalue weighted by Gasteiger charge is 2.49. The molecule has 1 aromatic carbocycles. The van der Waals surface area contributed by atoms with Crippen LogP contribution in [0.3, 0.4) is 0 Å². The van der Waals surface area contributed by atoms with E-state index in [2.05, 4.69) is 54.7 Å². The number of hydrogen-bond donors (Lipinski definition) is 4. The van der Waals surface area contributed by atoms with Crippen LogP contribution >= 0.6 is 0 Å². The number of primary amides is 1. The molecule has 17 nitrogen and oxygen atoms in total. The van der Waals surface area contributed by atoms with Crippen molar-refractivity contribution in [1.29, 1.82) is 0 Å². The number of halogens is 1. The van der Waals surface area contributed by atoms with Gasteiger partial charge in [-0.25, -0.2) is 19.3 Å². The fourth-order valence-corrected chi connectivity index (χ4v) is 11.3. The van der Waals surface area contributed by atoms with Crippen molar-refractivity contribution >= 4 is 52.2 Å². The van der Waals surface area contributed by atoms with Crippen LogP contribution in [-0.4, -0.2) is 118 Å². The number of nitrogens with one attached hydrogen (secondary N) is 3. The fraction of sp³-hybridized carbons (Fsp3) is 0.562. The Morgan fingerprint density at radius 2 is 1.76 bits per heavy atom. The van der Waals surface area contributed by atoms with E-state index in [4.69, 9.17) is 15.2 Å². The number of imide groups is 2. The zero-order chi connectivity index (χ0) is 46.4. The number of ether oxygens (including phenoxy) is 2. The third kappa shape index (κ3) is 8.53. The molecule has 3 saturated carbocycles. The second-order valence-corrected chi connectivity index (χ2v) is 19.1. The lowest BCUT2D eigenvalue weighted by atomic mass is 9.57. The normalized spacial score (nSPS) is 29.5. The Hall–Kier alpha value is -6.22. The molecule has 2 saturated heterocycles. The summed E-state index contributed by atoms with van der Waals surface area (Å²) in [4.78, 5) is 92.5. The lowest BCUT2D eigenvalue weighted by Gasteiger charge is -2.53. The van der Waals surface area contributed by atoms with E-state index in [9.17, 15) is 33.2 Å². The summed E-state index contributed by atoms with van der Waals surface area (Å²) in [5.74, 6) is 3.37. The van der Waals surface area contributed by atoms with Crippen LogP contribution in [0, 0.1) is 35.0 Å². The van der Waals surface area contributed by atoms with Gasteiger partial charge in [-0.05, 0) is 108 Å². The number of methoxy groups -OCH3 is 1. The number of nitrogens with zero attached hydrogens (tertiary/aromatic N) is 5. The first kappa shape index (κ1) is 45.0. The Kier molecular flexibility index (Phi) is 12.4. The lowest BCUT2D eigenvalue weighted by molar-refractivity contribution is -0.136. The number of rotatable bonds is 12. The standard InChI is InChI=1S/C48H56FN9O8/c1-4-30-33(53-43(62)37(30)49)24-66-44-39-38(55-40(41(50)60)45(56-39)65-3)27(22-51-44)13-12-25-8-10-26(11-9-25)23-57(2)29-16-18-48(19-17-29)20-28(21-48)52-32-7-5-6-31-36(32)47(64)58(46(31)63)34-14-15-35(59)54-42(34)61/h5-7,22,25-26,28-30,33-34,37,52H,4,8-11,14-21,23-24H2,1-3H3,(H2,50,60)(H,53,62)(H,54,59,61)/t25?,26?,28?,29?,30-,33?,34?,37-,48?/m0/s1. The predicted molar refractivity (Wildman–Crippen MR) is 238 cm³/mol. The first-order chi connectivity index (χ1) is 31.8. The van der Waals surface area contributed by atoms with Gasteiger partial charge >= 0.3 is 0 Å². The van der Waals surface area contributed by atoms with Crippen LogP contribution in [0.25, 0.3) is 11.0 Å². The van der Waals surface area contributed by atoms with E-state index in [0.717, 1.165) is 75.7 Å². The number of hydrogen-bond acceptors (Lipinski definition) is 13. The van der Waals surface area contributed by atoms with Crippen LogP contribution in [0.1, 0.15) is 127 Å². The molecular formula is C48H56FN9O8. The van der Waals surface area contributed by atoms with Crippen LogP contribution in [0.4, 0.5) is 10.1 Å². The van der Waals surface area contributed by atoms with Crippen LogP contribution in [0.5, 0.6) is 11.8 Å². The number of pyridine rings is 1. The van der Waals surface area contributed by atoms with Crippen LogP contribution < -0.4 is 31.2 Å². The van der Waals surface area contributed by atoms with Gasteiger partial charge in [-0.1, -0.05) is 24.8 Å². The molecule has 66 heavy (non-hydrogen) atoms. The first-order valence-electron chi connectivity index (χ1n) is 23.2. The van der Waals surface area contributed by atoms with Gasteiger partial charge in [0.1, 0.15) is 18.2 Å². The van der Waals surface area contributed by atoms with E-state index in [1.165, 1.54) is 13.3 Å². The van der Waals surface area contributed by atoms with Gasteiger partial charge in [-0.2, -0.15) is 0 Å². The van der Waals surface area contributed by atoms with Crippen molar-refractivity contribution < 1.29 is 42.6 Å². The topological polar surface area (TPSA) is 228 Å². The van der Waals surface area contributed by atoms with Crippen molar-refractivity contribution in [1.82, 2.24) is 35.4 Å². The van der Waals surface area contributed by atoms with E-state index < -0.39 is 59.6 Å². The SMILES string of the molecule is CC[C@H]1C(COc2ncc(C#CC3CCC(CN(C)C4CCC5(CC4)CC(Nc4cccc6c4C(=O)N(C4CCC(=O)NC4=O)C6=O)C5)CC3)c3nc(C(N)=O)c(OC)nc23)NC(=O)[C@H]1F. The quantitative estimate of drug-likeness (QED) is 0.149. The number of nitrogens with two attached hydrogens (primary N) is 1. The monoisotopic (exact) mass is 905 g/mol. The lowest BCUT2D eigenvalue weighted by Crippen LogP contribution is -2.54. The summed E-state index contributed by atoms with van der Waals surface area (Å²) >= 11 is 0. The minimum absolute atomic E-state index is 0.0390. The highest BCUT2D eigenvalue weighted by atomic mass is 19.1. The van der Waals surface area contributed by atoms with E-state index >= 15 is 0 Å². The number of anilines is 1. The molecule has 5 fully saturated rings. The summed E-state index contributed by atoms with van der Waals surface area (Å²) in [5.41, 5.74) is 7.89. The van der Waals surface area contributed by atoms with E-state index in [0.29, 0.717) is 35.2 Å². The molecule has 348 valence electrons. The Morgan fingerprint density at radius 1 is 1.00 bits per heavy atom. The van der Waals surface area contributed by atoms with Gasteiger partial charge in [-0.15, -0.1) is 0 Å². The Labute approximate surface area is 381 Å². The highest BCUT2D eigenvalue weighted by molar-refractivity contribution is 6.25. The highest BCUT2D eigenvalue weighted by Crippen LogP contribution is 2.53. The van der Waals surface area contributed by atoms with Gasteiger partial charge in [0.05, 0.1) is 29.8 Å². The zero-order valence-electron chi connectivity index (χ0n) is 37.5. The van der Waals surface area contributed by atoms with Gasteiger partial charge < -0.3 is 30.7 Å². The maximum atomic E-state index is 14.5. The van der Waals surface area contributed by atoms with E-state index in [1.54, 1.807) is 12.1 Å². The molecule has 3 aliphatic carbocycles. The Morgan fingerprint density at radius 3 is 2.45 bits per heavy atom. The predicted octanol–water partition coefficient (Wildman–Crippen LogP) is 4.07. The van der Waals surface area contributed by atoms with Crippen LogP contribution in [0.15, 0.2) is 24.4 Å². The molecule has 4 atom stereocenters. The molecule has 6 amide bonds. The van der Waals surface area contributed by atoms with Gasteiger partial charge in [-0.3, -0.25) is 39.0 Å². The molecule has 6 aliphatic rings. The van der Waals surface area contributed by atoms with Gasteiger partial charge in [0.25, 0.3) is 23.6 Å². The van der Waals surface area contributed by atoms with Crippen molar-refractivity contribution in [3.05, 3.63) is 46.8 Å². The van der Waals surface area contributed by atoms with Crippen molar-refractivity contribution in [2.75, 3.05) is 32.6 Å². The second-order valence-electron chi connectivity index (χ2n) is 19.1. The minimum Gasteiger partial charge on any atom is -0.479 e. The van der Waals surface area contributed by atoms with Gasteiger partial charge in [0.2, 0.25) is 23.6 Å². The molecule has 5 heterocycles. The third-order valence-corrected chi connectivity index (χ3v) is 15.0. The number of piperidine rings is 1. The average molecular weight is 906 g/mol. The number of carbonyl (C=O) groups excluding carboxylic acids is 6. The molecule has 5 N–H and O–H groups in total. The van der Waals surface area contributed by atoms with E-state index in [-0.39, 0.29) is 70.9 Å². The molecule has 0 bridgehead atoms. The molecule has 2 unspecified atom stereocenters. The molecule has 3 aliphatic heterocycles. The largest absolute Gasteiger partial charge is 0.479 e. The van der Waals surface area contributed by atoms with Crippen molar-refractivity contribution in [3.63, 3.8) is 0 Å². The summed E-state index contributed by atoms with van der Waals surface area (Å²) in [6, 6.07) is 4.36. The van der Waals surface area contributed by atoms with Crippen molar-refractivity contribution in [2.45, 2.75) is 121 Å². The molecule has 1 spiro atoms. The molecule has 3 aromatic rings. The summed E-state index contributed by atoms with van der Waals surface area (Å²) in [6.07, 6.45) is 11.1. The molecule has 0 radical (unpaired) electrons. The summed E-state index contributed by atoms with van der Waals surface area (Å²) in [5, 5.41) is 8.47. The molecular weight excluding hydrogens is 850 g/mol. The summed E-state index contributed by atoms with van der Waals surface area (Å²) < 4.78 is 25.8. The second kappa shape index (κ2) is 18.2. The van der Waals surface area contributed by atoms with Crippen molar-refractivity contribution in [3.8, 4) is 23.6 Å². The first-order valence-corrected chi connectivity index (χ1v) is 23.2. The number of benzene rings is 1. The molecule has 2 aromatic heterocycles. The number of aromatic nitrogens is 3. The molecule has 9 rings (SSSR count). The fourth-order valence-electron chi connectivity index (χ4n) is 11.3. The van der Waals surface area contributed by atoms with Gasteiger partial charge in [0.15, 0.2) is 17.4 Å². The summed E-state index contributed by atoms with van der Waals surface area (Å²) in [7, 11) is 3.60. The maximum Gasteiger partial charge on any atom is 0.272 e. The zero-order valence-corrected chi connectivity index (χ0v) is 37.5. The number of carbonyl (C=O) groups is 6. The Bertz CT molecular complexity index is 2540. The Balaban J connectivity index is 0.763. The average Bonchev–Trinajstić information content (AvgIpc) is 3.72. The van der Waals surface area contributed by atoms with Crippen LogP contribution in [0.2, 0.25) is 0 Å². The van der Waals surface area contributed by atoms with E-state index in [1.807, 2.05) is 13.0 Å². The number of fused-ring (bicyclic) bond motifs is 2. The van der Waals surface area contributed by atoms with Gasteiger partial charge in [0, 0.05) is 48.8 Å². The van der Waals surface area contributed by atoms with Crippen LogP contribution in [-0.2, 0) is 14.4 Å². The molecule has 18 heteroatoms.